The van der Waals surface area contributed by atoms with E-state index in [-0.39, 0.29) is 0 Å². The van der Waals surface area contributed by atoms with Gasteiger partial charge in [0.2, 0.25) is 5.28 Å². The molecule has 0 amide bonds. The molecule has 0 spiro atoms. The Morgan fingerprint density at radius 3 is 2.77 bits per heavy atom. The summed E-state index contributed by atoms with van der Waals surface area (Å²) in [5.74, 6) is 0. The lowest BCUT2D eigenvalue weighted by Crippen LogP contribution is -2.14. The quantitative estimate of drug-likeness (QED) is 0.672. The summed E-state index contributed by atoms with van der Waals surface area (Å²) in [6, 6.07) is 4.64. The van der Waals surface area contributed by atoms with Crippen LogP contribution in [-0.2, 0) is 7.05 Å². The first-order valence-electron chi connectivity index (χ1n) is 7.76. The fraction of sp³-hybridized carbons (Fsp3) is 0.438. The number of fused-ring (bicyclic) bond motifs is 1. The number of aryl methyl sites for hydroxylation is 1. The van der Waals surface area contributed by atoms with Gasteiger partial charge in [-0.3, -0.25) is 4.68 Å². The van der Waals surface area contributed by atoms with Crippen molar-refractivity contribution in [3.05, 3.63) is 29.8 Å². The van der Waals surface area contributed by atoms with Crippen molar-refractivity contribution in [3.63, 3.8) is 0 Å². The van der Waals surface area contributed by atoms with Crippen LogP contribution in [0.5, 0.6) is 0 Å². The molecule has 0 bridgehead atoms. The second-order valence-electron chi connectivity index (χ2n) is 5.98. The van der Waals surface area contributed by atoms with Gasteiger partial charge in [0.05, 0.1) is 5.69 Å². The van der Waals surface area contributed by atoms with E-state index in [0.717, 1.165) is 22.4 Å². The molecule has 0 aliphatic heterocycles. The standard InChI is InChI=1S/C16H18ClN5/c1-21-8-7-13(20-21)14-9-11-10-18-16(17)19-15(11)22(14)12-5-3-2-4-6-12/h7-10,12H,2-6H2,1H3. The zero-order valence-corrected chi connectivity index (χ0v) is 13.3. The van der Waals surface area contributed by atoms with Crippen molar-refractivity contribution in [1.82, 2.24) is 24.3 Å². The third-order valence-electron chi connectivity index (χ3n) is 4.46. The van der Waals surface area contributed by atoms with Gasteiger partial charge in [-0.25, -0.2) is 4.98 Å². The lowest BCUT2D eigenvalue weighted by atomic mass is 9.95. The number of hydrogen-bond donors (Lipinski definition) is 0. The van der Waals surface area contributed by atoms with Crippen LogP contribution in [0.1, 0.15) is 38.1 Å². The number of rotatable bonds is 2. The summed E-state index contributed by atoms with van der Waals surface area (Å²) < 4.78 is 4.15. The highest BCUT2D eigenvalue weighted by Crippen LogP contribution is 2.36. The van der Waals surface area contributed by atoms with Crippen molar-refractivity contribution in [2.75, 3.05) is 0 Å². The second kappa shape index (κ2) is 5.39. The number of halogens is 1. The van der Waals surface area contributed by atoms with Crippen LogP contribution in [0.15, 0.2) is 24.5 Å². The van der Waals surface area contributed by atoms with Gasteiger partial charge in [-0.1, -0.05) is 19.3 Å². The summed E-state index contributed by atoms with van der Waals surface area (Å²) in [5.41, 5.74) is 3.01. The highest BCUT2D eigenvalue weighted by Gasteiger charge is 2.23. The Morgan fingerprint density at radius 2 is 2.05 bits per heavy atom. The lowest BCUT2D eigenvalue weighted by molar-refractivity contribution is 0.361. The molecule has 6 heteroatoms. The van der Waals surface area contributed by atoms with Crippen molar-refractivity contribution >= 4 is 22.6 Å². The maximum atomic E-state index is 6.03. The predicted octanol–water partition coefficient (Wildman–Crippen LogP) is 3.99. The van der Waals surface area contributed by atoms with Gasteiger partial charge in [0, 0.05) is 30.9 Å². The normalized spacial score (nSPS) is 16.5. The Balaban J connectivity index is 1.94. The molecule has 0 atom stereocenters. The average Bonchev–Trinajstić information content (AvgIpc) is 3.11. The molecule has 1 aliphatic rings. The number of nitrogens with zero attached hydrogens (tertiary/aromatic N) is 5. The fourth-order valence-corrected chi connectivity index (χ4v) is 3.57. The monoisotopic (exact) mass is 315 g/mol. The van der Waals surface area contributed by atoms with E-state index in [1.165, 1.54) is 32.1 Å². The fourth-order valence-electron chi connectivity index (χ4n) is 3.44. The number of aromatic nitrogens is 5. The Kier molecular flexibility index (Phi) is 3.37. The Hall–Kier alpha value is -1.88. The smallest absolute Gasteiger partial charge is 0.224 e. The van der Waals surface area contributed by atoms with Crippen LogP contribution < -0.4 is 0 Å². The van der Waals surface area contributed by atoms with Crippen LogP contribution in [0.3, 0.4) is 0 Å². The second-order valence-corrected chi connectivity index (χ2v) is 6.32. The summed E-state index contributed by atoms with van der Waals surface area (Å²) in [7, 11) is 1.94. The topological polar surface area (TPSA) is 48.5 Å². The van der Waals surface area contributed by atoms with Gasteiger partial charge < -0.3 is 4.57 Å². The molecule has 0 radical (unpaired) electrons. The van der Waals surface area contributed by atoms with Crippen molar-refractivity contribution < 1.29 is 0 Å². The zero-order chi connectivity index (χ0) is 15.1. The van der Waals surface area contributed by atoms with Gasteiger partial charge >= 0.3 is 0 Å². The summed E-state index contributed by atoms with van der Waals surface area (Å²) in [6.07, 6.45) is 10.0. The molecular formula is C16H18ClN5. The maximum absolute atomic E-state index is 6.03. The molecule has 5 nitrogen and oxygen atoms in total. The van der Waals surface area contributed by atoms with Crippen LogP contribution in [0.25, 0.3) is 22.4 Å². The predicted molar refractivity (Wildman–Crippen MR) is 86.9 cm³/mol. The molecule has 114 valence electrons. The van der Waals surface area contributed by atoms with Crippen LogP contribution >= 0.6 is 11.6 Å². The van der Waals surface area contributed by atoms with Crippen molar-refractivity contribution in [2.45, 2.75) is 38.1 Å². The van der Waals surface area contributed by atoms with E-state index < -0.39 is 0 Å². The molecule has 0 unspecified atom stereocenters. The van der Waals surface area contributed by atoms with E-state index in [1.807, 2.05) is 24.0 Å². The highest BCUT2D eigenvalue weighted by atomic mass is 35.5. The Morgan fingerprint density at radius 1 is 1.23 bits per heavy atom. The Labute approximate surface area is 133 Å². The van der Waals surface area contributed by atoms with Crippen molar-refractivity contribution in [3.8, 4) is 11.4 Å². The van der Waals surface area contributed by atoms with E-state index in [0.29, 0.717) is 11.3 Å². The minimum absolute atomic E-state index is 0.301. The minimum Gasteiger partial charge on any atom is -0.321 e. The van der Waals surface area contributed by atoms with E-state index in [2.05, 4.69) is 25.7 Å². The number of hydrogen-bond acceptors (Lipinski definition) is 3. The Bertz CT molecular complexity index is 813. The van der Waals surface area contributed by atoms with E-state index >= 15 is 0 Å². The van der Waals surface area contributed by atoms with Crippen LogP contribution in [0.4, 0.5) is 0 Å². The van der Waals surface area contributed by atoms with Crippen molar-refractivity contribution in [2.24, 2.45) is 7.05 Å². The maximum Gasteiger partial charge on any atom is 0.224 e. The average molecular weight is 316 g/mol. The van der Waals surface area contributed by atoms with Crippen LogP contribution in [-0.4, -0.2) is 24.3 Å². The first-order chi connectivity index (χ1) is 10.7. The molecule has 22 heavy (non-hydrogen) atoms. The SMILES string of the molecule is Cn1ccc(-c2cc3cnc(Cl)nc3n2C2CCCCC2)n1. The summed E-state index contributed by atoms with van der Waals surface area (Å²) in [5, 5.41) is 5.89. The zero-order valence-electron chi connectivity index (χ0n) is 12.5. The molecule has 3 aromatic heterocycles. The van der Waals surface area contributed by atoms with Gasteiger partial charge in [0.25, 0.3) is 0 Å². The first kappa shape index (κ1) is 13.8. The molecule has 3 heterocycles. The van der Waals surface area contributed by atoms with E-state index in [1.54, 1.807) is 6.20 Å². The van der Waals surface area contributed by atoms with Gasteiger partial charge in [0.1, 0.15) is 11.3 Å². The van der Waals surface area contributed by atoms with Crippen molar-refractivity contribution in [1.29, 1.82) is 0 Å². The lowest BCUT2D eigenvalue weighted by Gasteiger charge is -2.25. The first-order valence-corrected chi connectivity index (χ1v) is 8.13. The highest BCUT2D eigenvalue weighted by molar-refractivity contribution is 6.28. The molecular weight excluding hydrogens is 298 g/mol. The molecule has 3 aromatic rings. The third-order valence-corrected chi connectivity index (χ3v) is 4.64. The van der Waals surface area contributed by atoms with E-state index in [4.69, 9.17) is 11.6 Å². The molecule has 1 aliphatic carbocycles. The minimum atomic E-state index is 0.301. The van der Waals surface area contributed by atoms with Gasteiger partial charge in [0.15, 0.2) is 0 Å². The molecule has 0 aromatic carbocycles. The van der Waals surface area contributed by atoms with Gasteiger partial charge in [-0.15, -0.1) is 0 Å². The van der Waals surface area contributed by atoms with Crippen LogP contribution in [0.2, 0.25) is 5.28 Å². The largest absolute Gasteiger partial charge is 0.321 e. The van der Waals surface area contributed by atoms with Gasteiger partial charge in [-0.2, -0.15) is 10.1 Å². The summed E-state index contributed by atoms with van der Waals surface area (Å²) in [6.45, 7) is 0. The molecule has 0 N–H and O–H groups in total. The molecule has 1 saturated carbocycles. The molecule has 1 fully saturated rings. The summed E-state index contributed by atoms with van der Waals surface area (Å²) >= 11 is 6.03. The third kappa shape index (κ3) is 2.29. The van der Waals surface area contributed by atoms with Crippen LogP contribution in [0, 0.1) is 0 Å². The summed E-state index contributed by atoms with van der Waals surface area (Å²) in [4.78, 5) is 8.61. The van der Waals surface area contributed by atoms with E-state index in [9.17, 15) is 0 Å². The molecule has 4 rings (SSSR count). The molecule has 0 saturated heterocycles. The van der Waals surface area contributed by atoms with Gasteiger partial charge in [-0.05, 0) is 36.6 Å².